The van der Waals surface area contributed by atoms with Crippen LogP contribution in [-0.4, -0.2) is 9.38 Å². The van der Waals surface area contributed by atoms with Crippen molar-refractivity contribution in [2.24, 2.45) is 0 Å². The number of aromatic nitrogens is 2. The van der Waals surface area contributed by atoms with Crippen molar-refractivity contribution in [3.63, 3.8) is 0 Å². The van der Waals surface area contributed by atoms with Crippen molar-refractivity contribution in [2.45, 2.75) is 0 Å². The molecule has 3 aromatic rings. The smallest absolute Gasteiger partial charge is 0.195 e. The van der Waals surface area contributed by atoms with E-state index in [4.69, 9.17) is 11.6 Å². The van der Waals surface area contributed by atoms with Crippen molar-refractivity contribution in [1.29, 1.82) is 0 Å². The standard InChI is InChI=1S/C11H6BrClN2S.BrH/c12-10-9(7-3-1-2-4-8(7)13)14-11-15(10)5-6-16-11;/h1-6H;1H. The molecule has 0 amide bonds. The molecule has 0 N–H and O–H groups in total. The molecule has 3 rings (SSSR count). The monoisotopic (exact) mass is 392 g/mol. The number of fused-ring (bicyclic) bond motifs is 1. The molecule has 17 heavy (non-hydrogen) atoms. The summed E-state index contributed by atoms with van der Waals surface area (Å²) in [7, 11) is 0. The molecule has 0 fully saturated rings. The van der Waals surface area contributed by atoms with E-state index in [-0.39, 0.29) is 17.0 Å². The molecule has 0 unspecified atom stereocenters. The van der Waals surface area contributed by atoms with Crippen molar-refractivity contribution >= 4 is 60.8 Å². The van der Waals surface area contributed by atoms with Crippen LogP contribution < -0.4 is 0 Å². The molecule has 0 aliphatic carbocycles. The van der Waals surface area contributed by atoms with Gasteiger partial charge in [0.2, 0.25) is 0 Å². The molecule has 2 aromatic heterocycles. The Labute approximate surface area is 126 Å². The maximum Gasteiger partial charge on any atom is 0.195 e. The fourth-order valence-corrected chi connectivity index (χ4v) is 3.23. The van der Waals surface area contributed by atoms with Gasteiger partial charge < -0.3 is 0 Å². The van der Waals surface area contributed by atoms with E-state index in [1.54, 1.807) is 11.3 Å². The van der Waals surface area contributed by atoms with Gasteiger partial charge in [0.25, 0.3) is 0 Å². The lowest BCUT2D eigenvalue weighted by Crippen LogP contribution is -1.81. The third-order valence-electron chi connectivity index (χ3n) is 2.33. The first-order chi connectivity index (χ1) is 7.77. The highest BCUT2D eigenvalue weighted by Gasteiger charge is 2.14. The van der Waals surface area contributed by atoms with Gasteiger partial charge in [0.1, 0.15) is 10.3 Å². The first kappa shape index (κ1) is 13.1. The Hall–Kier alpha value is -0.360. The zero-order valence-electron chi connectivity index (χ0n) is 8.43. The van der Waals surface area contributed by atoms with Gasteiger partial charge in [-0.25, -0.2) is 4.98 Å². The van der Waals surface area contributed by atoms with E-state index in [0.29, 0.717) is 5.02 Å². The van der Waals surface area contributed by atoms with Gasteiger partial charge >= 0.3 is 0 Å². The summed E-state index contributed by atoms with van der Waals surface area (Å²) in [6.07, 6.45) is 1.98. The van der Waals surface area contributed by atoms with Crippen molar-refractivity contribution in [2.75, 3.05) is 0 Å². The predicted octanol–water partition coefficient (Wildman–Crippen LogP) is 5.06. The van der Waals surface area contributed by atoms with E-state index in [1.165, 1.54) is 0 Å². The molecule has 0 radical (unpaired) electrons. The van der Waals surface area contributed by atoms with Gasteiger partial charge in [-0.1, -0.05) is 29.8 Å². The summed E-state index contributed by atoms with van der Waals surface area (Å²) in [5.74, 6) is 0. The maximum absolute atomic E-state index is 6.16. The zero-order valence-corrected chi connectivity index (χ0v) is 13.3. The zero-order chi connectivity index (χ0) is 11.1. The van der Waals surface area contributed by atoms with Crippen molar-refractivity contribution in [3.8, 4) is 11.3 Å². The second-order valence-corrected chi connectivity index (χ2v) is 5.32. The van der Waals surface area contributed by atoms with Crippen molar-refractivity contribution in [1.82, 2.24) is 9.38 Å². The molecule has 0 aliphatic heterocycles. The minimum Gasteiger partial charge on any atom is -0.284 e. The molecule has 6 heteroatoms. The second-order valence-electron chi connectivity index (χ2n) is 3.29. The van der Waals surface area contributed by atoms with E-state index in [9.17, 15) is 0 Å². The number of nitrogens with zero attached hydrogens (tertiary/aromatic N) is 2. The Bertz CT molecular complexity index is 662. The van der Waals surface area contributed by atoms with Crippen LogP contribution in [0.15, 0.2) is 40.4 Å². The number of imidazole rings is 1. The van der Waals surface area contributed by atoms with E-state index < -0.39 is 0 Å². The summed E-state index contributed by atoms with van der Waals surface area (Å²) in [5, 5.41) is 2.72. The molecule has 0 bridgehead atoms. The first-order valence-electron chi connectivity index (χ1n) is 4.63. The summed E-state index contributed by atoms with van der Waals surface area (Å²) in [4.78, 5) is 5.51. The number of rotatable bonds is 1. The van der Waals surface area contributed by atoms with Crippen LogP contribution >= 0.6 is 55.8 Å². The number of hydrogen-bond acceptors (Lipinski definition) is 2. The number of benzene rings is 1. The van der Waals surface area contributed by atoms with Gasteiger partial charge in [0.15, 0.2) is 4.96 Å². The largest absolute Gasteiger partial charge is 0.284 e. The molecule has 0 aliphatic rings. The van der Waals surface area contributed by atoms with E-state index in [0.717, 1.165) is 20.8 Å². The molecule has 2 heterocycles. The fourth-order valence-electron chi connectivity index (χ4n) is 1.58. The Morgan fingerprint density at radius 1 is 1.29 bits per heavy atom. The van der Waals surface area contributed by atoms with Crippen LogP contribution in [0.2, 0.25) is 5.02 Å². The van der Waals surface area contributed by atoms with E-state index in [1.807, 2.05) is 40.2 Å². The molecule has 2 nitrogen and oxygen atoms in total. The van der Waals surface area contributed by atoms with Gasteiger partial charge in [0, 0.05) is 17.1 Å². The minimum absolute atomic E-state index is 0. The predicted molar refractivity (Wildman–Crippen MR) is 81.5 cm³/mol. The third-order valence-corrected chi connectivity index (χ3v) is 4.18. The normalized spacial score (nSPS) is 10.5. The topological polar surface area (TPSA) is 17.3 Å². The Kier molecular flexibility index (Phi) is 3.92. The Morgan fingerprint density at radius 3 is 2.76 bits per heavy atom. The van der Waals surface area contributed by atoms with Crippen LogP contribution in [0.25, 0.3) is 16.2 Å². The van der Waals surface area contributed by atoms with Crippen LogP contribution in [0.5, 0.6) is 0 Å². The molecule has 0 saturated carbocycles. The lowest BCUT2D eigenvalue weighted by atomic mass is 10.2. The lowest BCUT2D eigenvalue weighted by molar-refractivity contribution is 1.19. The third kappa shape index (κ3) is 2.17. The average molecular weight is 395 g/mol. The van der Waals surface area contributed by atoms with Crippen molar-refractivity contribution in [3.05, 3.63) is 45.5 Å². The van der Waals surface area contributed by atoms with E-state index >= 15 is 0 Å². The number of thiazole rings is 1. The summed E-state index contributed by atoms with van der Waals surface area (Å²) < 4.78 is 2.94. The molecule has 0 atom stereocenters. The molecule has 88 valence electrons. The highest BCUT2D eigenvalue weighted by Crippen LogP contribution is 2.34. The van der Waals surface area contributed by atoms with E-state index in [2.05, 4.69) is 20.9 Å². The quantitative estimate of drug-likeness (QED) is 0.564. The van der Waals surface area contributed by atoms with Gasteiger partial charge in [-0.15, -0.1) is 28.3 Å². The van der Waals surface area contributed by atoms with Gasteiger partial charge in [-0.05, 0) is 22.0 Å². The summed E-state index contributed by atoms with van der Waals surface area (Å²) >= 11 is 11.3. The molecular weight excluding hydrogens is 387 g/mol. The minimum atomic E-state index is 0. The first-order valence-corrected chi connectivity index (χ1v) is 6.68. The van der Waals surface area contributed by atoms with Crippen LogP contribution in [0, 0.1) is 0 Å². The summed E-state index contributed by atoms with van der Waals surface area (Å²) in [6.45, 7) is 0. The van der Waals surface area contributed by atoms with Gasteiger partial charge in [0.05, 0.1) is 5.02 Å². The number of halogens is 3. The fraction of sp³-hybridized carbons (Fsp3) is 0. The van der Waals surface area contributed by atoms with Gasteiger partial charge in [-0.2, -0.15) is 0 Å². The SMILES string of the molecule is Br.Clc1ccccc1-c1nc2sccn2c1Br. The Balaban J connectivity index is 0.00000108. The molecule has 0 saturated heterocycles. The molecule has 1 aromatic carbocycles. The maximum atomic E-state index is 6.16. The van der Waals surface area contributed by atoms with Crippen molar-refractivity contribution < 1.29 is 0 Å². The van der Waals surface area contributed by atoms with Crippen LogP contribution in [0.4, 0.5) is 0 Å². The lowest BCUT2D eigenvalue weighted by Gasteiger charge is -2.00. The van der Waals surface area contributed by atoms with Crippen LogP contribution in [0.1, 0.15) is 0 Å². The highest BCUT2D eigenvalue weighted by molar-refractivity contribution is 9.10. The van der Waals surface area contributed by atoms with Gasteiger partial charge in [-0.3, -0.25) is 4.40 Å². The Morgan fingerprint density at radius 2 is 2.06 bits per heavy atom. The summed E-state index contributed by atoms with van der Waals surface area (Å²) in [6, 6.07) is 7.72. The highest BCUT2D eigenvalue weighted by atomic mass is 79.9. The molecular formula is C11H7Br2ClN2S. The molecule has 0 spiro atoms. The summed E-state index contributed by atoms with van der Waals surface area (Å²) in [5.41, 5.74) is 1.84. The van der Waals surface area contributed by atoms with Crippen LogP contribution in [-0.2, 0) is 0 Å². The van der Waals surface area contributed by atoms with Crippen LogP contribution in [0.3, 0.4) is 0 Å². The average Bonchev–Trinajstić information content (AvgIpc) is 2.83. The second kappa shape index (κ2) is 5.10. The number of hydrogen-bond donors (Lipinski definition) is 0.